The van der Waals surface area contributed by atoms with Crippen molar-refractivity contribution in [2.24, 2.45) is 0 Å². The summed E-state index contributed by atoms with van der Waals surface area (Å²) in [6, 6.07) is 9.36. The molecule has 1 saturated heterocycles. The van der Waals surface area contributed by atoms with Gasteiger partial charge in [0.1, 0.15) is 0 Å². The van der Waals surface area contributed by atoms with Crippen molar-refractivity contribution in [1.82, 2.24) is 15.3 Å². The van der Waals surface area contributed by atoms with E-state index in [1.165, 1.54) is 12.8 Å². The molecule has 0 spiro atoms. The lowest BCUT2D eigenvalue weighted by atomic mass is 10.1. The summed E-state index contributed by atoms with van der Waals surface area (Å²) in [5.74, 6) is 1.99. The van der Waals surface area contributed by atoms with Gasteiger partial charge in [-0.25, -0.2) is 9.97 Å². The molecule has 1 aromatic carbocycles. The first-order valence-electron chi connectivity index (χ1n) is 8.29. The number of fused-ring (bicyclic) bond motifs is 1. The smallest absolute Gasteiger partial charge is 0.172 e. The molecule has 2 fully saturated rings. The van der Waals surface area contributed by atoms with Gasteiger partial charge in [-0.2, -0.15) is 0 Å². The quantitative estimate of drug-likeness (QED) is 0.901. The lowest BCUT2D eigenvalue weighted by Crippen LogP contribution is -2.41. The van der Waals surface area contributed by atoms with Gasteiger partial charge in [0, 0.05) is 25.2 Å². The number of piperidine rings is 1. The summed E-state index contributed by atoms with van der Waals surface area (Å²) in [5.41, 5.74) is 1.95. The lowest BCUT2D eigenvalue weighted by molar-refractivity contribution is 0.441. The van der Waals surface area contributed by atoms with Gasteiger partial charge >= 0.3 is 0 Å². The summed E-state index contributed by atoms with van der Waals surface area (Å²) >= 11 is 0. The molecule has 1 aliphatic carbocycles. The van der Waals surface area contributed by atoms with E-state index in [1.54, 1.807) is 0 Å². The Hall–Kier alpha value is -1.59. The number of hydrogen-bond acceptors (Lipinski definition) is 5. The fraction of sp³-hybridized carbons (Fsp3) is 0.529. The van der Waals surface area contributed by atoms with E-state index in [0.717, 1.165) is 48.6 Å². The predicted octanol–water partition coefficient (Wildman–Crippen LogP) is 2.81. The van der Waals surface area contributed by atoms with E-state index in [2.05, 4.69) is 22.6 Å². The molecule has 0 bridgehead atoms. The maximum absolute atomic E-state index is 4.91. The van der Waals surface area contributed by atoms with Crippen LogP contribution >= 0.6 is 12.4 Å². The van der Waals surface area contributed by atoms with E-state index < -0.39 is 0 Å². The number of benzene rings is 1. The summed E-state index contributed by atoms with van der Waals surface area (Å²) < 4.78 is 0. The molecule has 2 aromatic rings. The molecule has 2 N–H and O–H groups in total. The van der Waals surface area contributed by atoms with Crippen LogP contribution in [0.5, 0.6) is 0 Å². The number of hydrogen-bond donors (Lipinski definition) is 2. The summed E-state index contributed by atoms with van der Waals surface area (Å²) in [5, 5.41) is 6.95. The summed E-state index contributed by atoms with van der Waals surface area (Å²) in [6.45, 7) is 2.08. The molecule has 23 heavy (non-hydrogen) atoms. The van der Waals surface area contributed by atoms with Gasteiger partial charge in [0.05, 0.1) is 11.0 Å². The normalized spacial score (nSPS) is 18.7. The molecular formula is C17H24ClN5. The highest BCUT2D eigenvalue weighted by molar-refractivity contribution is 5.85. The molecule has 0 unspecified atom stereocenters. The summed E-state index contributed by atoms with van der Waals surface area (Å²) in [4.78, 5) is 12.1. The zero-order valence-electron chi connectivity index (χ0n) is 13.5. The van der Waals surface area contributed by atoms with Crippen LogP contribution in [0.4, 0.5) is 11.6 Å². The third-order valence-electron chi connectivity index (χ3n) is 4.67. The highest BCUT2D eigenvalue weighted by Gasteiger charge is 2.26. The number of anilines is 2. The average Bonchev–Trinajstić information content (AvgIpc) is 3.38. The van der Waals surface area contributed by atoms with Gasteiger partial charge in [-0.05, 0) is 44.9 Å². The predicted molar refractivity (Wildman–Crippen MR) is 97.7 cm³/mol. The Morgan fingerprint density at radius 1 is 0.957 bits per heavy atom. The Balaban J connectivity index is 0.00000156. The monoisotopic (exact) mass is 333 g/mol. The van der Waals surface area contributed by atoms with E-state index in [1.807, 2.05) is 24.3 Å². The van der Waals surface area contributed by atoms with Crippen molar-refractivity contribution >= 4 is 35.1 Å². The number of aromatic nitrogens is 2. The fourth-order valence-corrected chi connectivity index (χ4v) is 3.11. The minimum atomic E-state index is 0. The minimum Gasteiger partial charge on any atom is -0.364 e. The number of nitrogens with one attached hydrogen (secondary N) is 2. The molecule has 1 aliphatic heterocycles. The van der Waals surface area contributed by atoms with Gasteiger partial charge in [0.2, 0.25) is 0 Å². The van der Waals surface area contributed by atoms with Crippen LogP contribution in [-0.4, -0.2) is 42.2 Å². The number of para-hydroxylation sites is 2. The lowest BCUT2D eigenvalue weighted by Gasteiger charge is -2.33. The van der Waals surface area contributed by atoms with Crippen LogP contribution in [0.3, 0.4) is 0 Å². The van der Waals surface area contributed by atoms with Crippen molar-refractivity contribution in [3.8, 4) is 0 Å². The Labute approximate surface area is 143 Å². The molecule has 124 valence electrons. The summed E-state index contributed by atoms with van der Waals surface area (Å²) in [7, 11) is 2.05. The molecule has 1 saturated carbocycles. The Bertz CT molecular complexity index is 665. The largest absolute Gasteiger partial charge is 0.364 e. The van der Waals surface area contributed by atoms with E-state index in [-0.39, 0.29) is 12.4 Å². The molecule has 2 heterocycles. The maximum Gasteiger partial charge on any atom is 0.172 e. The maximum atomic E-state index is 4.91. The Kier molecular flexibility index (Phi) is 4.87. The minimum absolute atomic E-state index is 0. The molecule has 5 nitrogen and oxygen atoms in total. The van der Waals surface area contributed by atoms with Crippen LogP contribution in [0.25, 0.3) is 11.0 Å². The zero-order valence-corrected chi connectivity index (χ0v) is 14.3. The van der Waals surface area contributed by atoms with Crippen molar-refractivity contribution in [3.63, 3.8) is 0 Å². The Morgan fingerprint density at radius 3 is 2.22 bits per heavy atom. The van der Waals surface area contributed by atoms with E-state index in [4.69, 9.17) is 9.97 Å². The average molecular weight is 334 g/mol. The second-order valence-electron chi connectivity index (χ2n) is 6.35. The molecule has 0 radical (unpaired) electrons. The first-order chi connectivity index (χ1) is 10.8. The van der Waals surface area contributed by atoms with E-state index >= 15 is 0 Å². The van der Waals surface area contributed by atoms with Gasteiger partial charge in [0.25, 0.3) is 0 Å². The zero-order chi connectivity index (χ0) is 14.9. The highest BCUT2D eigenvalue weighted by Crippen LogP contribution is 2.31. The molecule has 6 heteroatoms. The van der Waals surface area contributed by atoms with Crippen LogP contribution < -0.4 is 15.5 Å². The molecule has 0 amide bonds. The van der Waals surface area contributed by atoms with Gasteiger partial charge in [-0.3, -0.25) is 0 Å². The molecule has 0 atom stereocenters. The van der Waals surface area contributed by atoms with Crippen molar-refractivity contribution in [1.29, 1.82) is 0 Å². The number of halogens is 1. The first-order valence-corrected chi connectivity index (χ1v) is 8.29. The van der Waals surface area contributed by atoms with Gasteiger partial charge < -0.3 is 15.5 Å². The molecular weight excluding hydrogens is 310 g/mol. The number of rotatable bonds is 4. The molecule has 2 aliphatic rings. The first kappa shape index (κ1) is 16.3. The Morgan fingerprint density at radius 2 is 1.61 bits per heavy atom. The van der Waals surface area contributed by atoms with Crippen molar-refractivity contribution < 1.29 is 0 Å². The van der Waals surface area contributed by atoms with Crippen LogP contribution in [0.2, 0.25) is 0 Å². The number of nitrogens with zero attached hydrogens (tertiary/aromatic N) is 3. The van der Waals surface area contributed by atoms with Crippen molar-refractivity contribution in [2.45, 2.75) is 37.8 Å². The van der Waals surface area contributed by atoms with E-state index in [0.29, 0.717) is 12.1 Å². The topological polar surface area (TPSA) is 53.1 Å². The standard InChI is InChI=1S/C17H23N5.ClH/c1-18-12-8-10-22(11-9-12)17-16(19-13-6-7-13)20-14-4-2-3-5-15(14)21-17;/h2-5,12-13,18H,6-11H2,1H3,(H,19,20);1H. The second kappa shape index (κ2) is 6.89. The molecule has 1 aromatic heterocycles. The fourth-order valence-electron chi connectivity index (χ4n) is 3.11. The van der Waals surface area contributed by atoms with Crippen LogP contribution in [0, 0.1) is 0 Å². The van der Waals surface area contributed by atoms with Crippen LogP contribution in [0.15, 0.2) is 24.3 Å². The van der Waals surface area contributed by atoms with Gasteiger partial charge in [-0.1, -0.05) is 12.1 Å². The van der Waals surface area contributed by atoms with Crippen LogP contribution in [-0.2, 0) is 0 Å². The van der Waals surface area contributed by atoms with E-state index in [9.17, 15) is 0 Å². The van der Waals surface area contributed by atoms with Gasteiger partial charge in [-0.15, -0.1) is 12.4 Å². The van der Waals surface area contributed by atoms with Gasteiger partial charge in [0.15, 0.2) is 11.6 Å². The SMILES string of the molecule is CNC1CCN(c2nc3ccccc3nc2NC2CC2)CC1.Cl. The second-order valence-corrected chi connectivity index (χ2v) is 6.35. The summed E-state index contributed by atoms with van der Waals surface area (Å²) in [6.07, 6.45) is 4.81. The molecule has 4 rings (SSSR count). The highest BCUT2D eigenvalue weighted by atomic mass is 35.5. The van der Waals surface area contributed by atoms with Crippen LogP contribution in [0.1, 0.15) is 25.7 Å². The van der Waals surface area contributed by atoms with Crippen molar-refractivity contribution in [2.75, 3.05) is 30.4 Å². The third kappa shape index (κ3) is 3.51. The third-order valence-corrected chi connectivity index (χ3v) is 4.67. The van der Waals surface area contributed by atoms with Crippen molar-refractivity contribution in [3.05, 3.63) is 24.3 Å².